The van der Waals surface area contributed by atoms with Crippen molar-refractivity contribution in [2.24, 2.45) is 5.92 Å². The molecule has 0 spiro atoms. The molecule has 0 unspecified atom stereocenters. The Morgan fingerprint density at radius 3 is 2.56 bits per heavy atom. The molecule has 2 nitrogen and oxygen atoms in total. The van der Waals surface area contributed by atoms with Crippen molar-refractivity contribution in [2.75, 3.05) is 7.11 Å². The Morgan fingerprint density at radius 2 is 2.06 bits per heavy atom. The summed E-state index contributed by atoms with van der Waals surface area (Å²) in [6, 6.07) is 7.84. The number of ether oxygens (including phenoxy) is 1. The average Bonchev–Trinajstić information content (AvgIpc) is 2.37. The molecule has 0 heterocycles. The van der Waals surface area contributed by atoms with E-state index in [2.05, 4.69) is 25.3 Å². The molecule has 3 heteroatoms. The molecular weight excluding hydrogens is 287 g/mol. The molecule has 0 aliphatic heterocycles. The van der Waals surface area contributed by atoms with Crippen molar-refractivity contribution in [1.29, 1.82) is 0 Å². The van der Waals surface area contributed by atoms with Crippen molar-refractivity contribution in [3.8, 4) is 5.75 Å². The number of methoxy groups -OCH3 is 1. The fraction of sp³-hybridized carbons (Fsp3) is 0.600. The molecule has 0 fully saturated rings. The van der Waals surface area contributed by atoms with E-state index in [0.29, 0.717) is 5.92 Å². The zero-order valence-electron chi connectivity index (χ0n) is 12.1. The van der Waals surface area contributed by atoms with Gasteiger partial charge in [0.2, 0.25) is 0 Å². The van der Waals surface area contributed by atoms with Gasteiger partial charge in [-0.05, 0) is 0 Å². The maximum absolute atomic E-state index is 11.0. The first-order valence-corrected chi connectivity index (χ1v) is 11.5. The summed E-state index contributed by atoms with van der Waals surface area (Å²) >= 11 is -0.740. The molecule has 1 aromatic carbocycles. The fourth-order valence-electron chi connectivity index (χ4n) is 2.43. The Hall–Kier alpha value is -0.462. The van der Waals surface area contributed by atoms with Crippen molar-refractivity contribution >= 4 is 14.7 Å². The minimum atomic E-state index is -0.740. The molecule has 0 amide bonds. The summed E-state index contributed by atoms with van der Waals surface area (Å²) in [4.78, 5) is 0. The Balaban J connectivity index is 3.05. The van der Waals surface area contributed by atoms with Gasteiger partial charge in [-0.25, -0.2) is 0 Å². The van der Waals surface area contributed by atoms with Crippen LogP contribution in [0, 0.1) is 5.92 Å². The molecule has 2 atom stereocenters. The third kappa shape index (κ3) is 3.52. The molecule has 0 radical (unpaired) electrons. The van der Waals surface area contributed by atoms with Crippen LogP contribution in [0.25, 0.3) is 0 Å². The molecule has 1 rings (SSSR count). The Morgan fingerprint density at radius 1 is 1.39 bits per heavy atom. The summed E-state index contributed by atoms with van der Waals surface area (Å²) in [5.74, 6) is 1.11. The van der Waals surface area contributed by atoms with Gasteiger partial charge in [-0.15, -0.1) is 0 Å². The molecule has 102 valence electrons. The molecular formula is C15H25AsO2. The van der Waals surface area contributed by atoms with Crippen LogP contribution < -0.4 is 4.74 Å². The summed E-state index contributed by atoms with van der Waals surface area (Å²) in [5, 5.41) is 12.2. The second-order valence-corrected chi connectivity index (χ2v) is 10.5. The van der Waals surface area contributed by atoms with Gasteiger partial charge in [0.25, 0.3) is 0 Å². The molecule has 1 N–H and O–H groups in total. The van der Waals surface area contributed by atoms with Gasteiger partial charge >= 0.3 is 116 Å². The van der Waals surface area contributed by atoms with Gasteiger partial charge in [0.15, 0.2) is 0 Å². The van der Waals surface area contributed by atoms with E-state index < -0.39 is 20.3 Å². The van der Waals surface area contributed by atoms with Crippen molar-refractivity contribution < 1.29 is 9.84 Å². The monoisotopic (exact) mass is 312 g/mol. The van der Waals surface area contributed by atoms with Crippen LogP contribution in [0.5, 0.6) is 5.75 Å². The Kier molecular flexibility index (Phi) is 5.75. The molecule has 0 aliphatic rings. The summed E-state index contributed by atoms with van der Waals surface area (Å²) in [6.07, 6.45) is 0.740. The molecule has 0 aliphatic carbocycles. The number of hydrogen-bond acceptors (Lipinski definition) is 2. The predicted octanol–water partition coefficient (Wildman–Crippen LogP) is 3.68. The van der Waals surface area contributed by atoms with Gasteiger partial charge in [-0.1, -0.05) is 0 Å². The molecule has 18 heavy (non-hydrogen) atoms. The van der Waals surface area contributed by atoms with Crippen LogP contribution in [0.3, 0.4) is 0 Å². The quantitative estimate of drug-likeness (QED) is 0.812. The van der Waals surface area contributed by atoms with Gasteiger partial charge in [-0.2, -0.15) is 0 Å². The van der Waals surface area contributed by atoms with Gasteiger partial charge < -0.3 is 0 Å². The SMILES string of the molecule is CC[C@](O)(c1cccc(OC)c1)[C@H](C)C[As](C)C. The van der Waals surface area contributed by atoms with E-state index in [0.717, 1.165) is 22.9 Å². The van der Waals surface area contributed by atoms with Crippen LogP contribution in [0.4, 0.5) is 0 Å². The van der Waals surface area contributed by atoms with Crippen LogP contribution in [-0.4, -0.2) is 26.9 Å². The van der Waals surface area contributed by atoms with E-state index in [-0.39, 0.29) is 0 Å². The van der Waals surface area contributed by atoms with Crippen LogP contribution in [-0.2, 0) is 5.60 Å². The summed E-state index contributed by atoms with van der Waals surface area (Å²) < 4.78 is 5.25. The van der Waals surface area contributed by atoms with Crippen LogP contribution in [0.2, 0.25) is 16.6 Å². The second kappa shape index (κ2) is 6.63. The van der Waals surface area contributed by atoms with Crippen molar-refractivity contribution in [1.82, 2.24) is 0 Å². The average molecular weight is 312 g/mol. The first-order valence-electron chi connectivity index (χ1n) is 6.45. The summed E-state index contributed by atoms with van der Waals surface area (Å²) in [6.45, 7) is 4.22. The molecule has 0 saturated carbocycles. The summed E-state index contributed by atoms with van der Waals surface area (Å²) in [7, 11) is 1.66. The minimum absolute atomic E-state index is 0.296. The number of rotatable bonds is 6. The standard InChI is InChI=1S/C15H25AsO2/c1-6-15(17,12(2)11-16(3)4)13-8-7-9-14(10-13)18-5/h7-10,12,17H,6,11H2,1-5H3/t12-,15-/m1/s1. The third-order valence-electron chi connectivity index (χ3n) is 3.56. The number of benzene rings is 1. The number of hydrogen-bond donors (Lipinski definition) is 1. The third-order valence-corrected chi connectivity index (χ3v) is 6.24. The van der Waals surface area contributed by atoms with Gasteiger partial charge in [0, 0.05) is 0 Å². The first-order chi connectivity index (χ1) is 8.43. The van der Waals surface area contributed by atoms with E-state index in [4.69, 9.17) is 4.74 Å². The van der Waals surface area contributed by atoms with E-state index in [9.17, 15) is 5.11 Å². The molecule has 0 saturated heterocycles. The Labute approximate surface area is 116 Å². The first kappa shape index (κ1) is 15.6. The summed E-state index contributed by atoms with van der Waals surface area (Å²) in [5.41, 5.74) is 4.93. The van der Waals surface area contributed by atoms with Gasteiger partial charge in [0.05, 0.1) is 0 Å². The predicted molar refractivity (Wildman–Crippen MR) is 78.6 cm³/mol. The molecule has 0 bridgehead atoms. The van der Waals surface area contributed by atoms with E-state index in [1.807, 2.05) is 24.3 Å². The maximum atomic E-state index is 11.0. The topological polar surface area (TPSA) is 29.5 Å². The van der Waals surface area contributed by atoms with Crippen molar-refractivity contribution in [2.45, 2.75) is 42.5 Å². The zero-order valence-corrected chi connectivity index (χ0v) is 14.0. The van der Waals surface area contributed by atoms with E-state index >= 15 is 0 Å². The van der Waals surface area contributed by atoms with Crippen LogP contribution in [0.1, 0.15) is 25.8 Å². The zero-order chi connectivity index (χ0) is 13.8. The van der Waals surface area contributed by atoms with Crippen LogP contribution in [0.15, 0.2) is 24.3 Å². The number of aliphatic hydroxyl groups is 1. The van der Waals surface area contributed by atoms with Crippen molar-refractivity contribution in [3.05, 3.63) is 29.8 Å². The Bertz CT molecular complexity index is 379. The molecule has 0 aromatic heterocycles. The normalized spacial score (nSPS) is 16.4. The van der Waals surface area contributed by atoms with Gasteiger partial charge in [-0.3, -0.25) is 0 Å². The van der Waals surface area contributed by atoms with Gasteiger partial charge in [0.1, 0.15) is 0 Å². The van der Waals surface area contributed by atoms with E-state index in [1.54, 1.807) is 7.11 Å². The second-order valence-electron chi connectivity index (χ2n) is 5.17. The molecule has 1 aromatic rings. The fourth-order valence-corrected chi connectivity index (χ4v) is 5.36. The van der Waals surface area contributed by atoms with Crippen LogP contribution >= 0.6 is 0 Å². The van der Waals surface area contributed by atoms with Crippen molar-refractivity contribution in [3.63, 3.8) is 0 Å². The van der Waals surface area contributed by atoms with E-state index in [1.165, 1.54) is 0 Å².